The van der Waals surface area contributed by atoms with Crippen molar-refractivity contribution in [2.75, 3.05) is 5.32 Å². The molecular formula is C26H23N3O3. The van der Waals surface area contributed by atoms with Gasteiger partial charge in [0.15, 0.2) is 0 Å². The molecule has 5 rings (SSSR count). The van der Waals surface area contributed by atoms with Crippen LogP contribution in [0.15, 0.2) is 65.5 Å². The number of nitrogens with one attached hydrogen (secondary N) is 2. The Bertz CT molecular complexity index is 1390. The fourth-order valence-corrected chi connectivity index (χ4v) is 4.46. The lowest BCUT2D eigenvalue weighted by Crippen LogP contribution is -2.23. The first-order valence-corrected chi connectivity index (χ1v) is 10.8. The number of rotatable bonds is 4. The second-order valence-corrected chi connectivity index (χ2v) is 8.18. The number of aromatic amines is 1. The molecule has 6 nitrogen and oxygen atoms in total. The Morgan fingerprint density at radius 1 is 1.00 bits per heavy atom. The maximum Gasteiger partial charge on any atom is 0.267 e. The van der Waals surface area contributed by atoms with E-state index in [9.17, 15) is 14.7 Å². The van der Waals surface area contributed by atoms with E-state index in [0.29, 0.717) is 17.5 Å². The van der Waals surface area contributed by atoms with Crippen molar-refractivity contribution in [3.63, 3.8) is 0 Å². The molecule has 0 radical (unpaired) electrons. The first-order chi connectivity index (χ1) is 15.6. The van der Waals surface area contributed by atoms with Gasteiger partial charge in [-0.15, -0.1) is 0 Å². The van der Waals surface area contributed by atoms with Crippen molar-refractivity contribution in [3.8, 4) is 5.75 Å². The number of aromatic hydroxyl groups is 1. The molecule has 0 saturated heterocycles. The van der Waals surface area contributed by atoms with Crippen LogP contribution in [0.3, 0.4) is 0 Å². The fraction of sp³-hybridized carbons (Fsp3) is 0.192. The highest BCUT2D eigenvalue weighted by Crippen LogP contribution is 2.29. The number of amides is 1. The maximum atomic E-state index is 12.9. The number of phenols is 1. The van der Waals surface area contributed by atoms with Gasteiger partial charge in [-0.25, -0.2) is 5.10 Å². The highest BCUT2D eigenvalue weighted by molar-refractivity contribution is 6.09. The molecule has 0 aliphatic heterocycles. The summed E-state index contributed by atoms with van der Waals surface area (Å²) in [5.74, 6) is -0.397. The van der Waals surface area contributed by atoms with Crippen LogP contribution in [0.5, 0.6) is 5.75 Å². The minimum absolute atomic E-state index is 0.0270. The lowest BCUT2D eigenvalue weighted by molar-refractivity contribution is 0.102. The van der Waals surface area contributed by atoms with Gasteiger partial charge < -0.3 is 10.4 Å². The van der Waals surface area contributed by atoms with Gasteiger partial charge in [-0.05, 0) is 60.4 Å². The Kier molecular flexibility index (Phi) is 5.19. The maximum absolute atomic E-state index is 12.9. The van der Waals surface area contributed by atoms with Crippen LogP contribution in [-0.2, 0) is 19.3 Å². The van der Waals surface area contributed by atoms with Gasteiger partial charge >= 0.3 is 0 Å². The predicted molar refractivity (Wildman–Crippen MR) is 124 cm³/mol. The van der Waals surface area contributed by atoms with E-state index in [1.54, 1.807) is 12.1 Å². The number of H-pyrrole nitrogens is 1. The number of benzene rings is 3. The van der Waals surface area contributed by atoms with Gasteiger partial charge in [0.1, 0.15) is 5.75 Å². The molecule has 1 amide bonds. The summed E-state index contributed by atoms with van der Waals surface area (Å²) in [7, 11) is 0. The van der Waals surface area contributed by atoms with Gasteiger partial charge in [0.05, 0.1) is 11.3 Å². The SMILES string of the molecule is O=C(Nc1cccc(Cc2n[nH]c(=O)c3c2CCCC3)c1)c1ccc2ccccc2c1O. The zero-order valence-corrected chi connectivity index (χ0v) is 17.5. The van der Waals surface area contributed by atoms with Crippen LogP contribution < -0.4 is 10.9 Å². The van der Waals surface area contributed by atoms with Crippen LogP contribution in [0, 0.1) is 0 Å². The molecule has 1 aliphatic rings. The number of nitrogens with zero attached hydrogens (tertiary/aromatic N) is 1. The monoisotopic (exact) mass is 425 g/mol. The zero-order valence-electron chi connectivity index (χ0n) is 17.5. The van der Waals surface area contributed by atoms with Gasteiger partial charge in [-0.3, -0.25) is 9.59 Å². The van der Waals surface area contributed by atoms with Crippen LogP contribution in [0.4, 0.5) is 5.69 Å². The molecule has 4 aromatic rings. The number of carbonyl (C=O) groups is 1. The molecule has 160 valence electrons. The summed E-state index contributed by atoms with van der Waals surface area (Å²) in [5.41, 5.74) is 4.57. The van der Waals surface area contributed by atoms with Crippen LogP contribution in [0.1, 0.15) is 45.6 Å². The molecule has 0 saturated carbocycles. The number of hydrogen-bond acceptors (Lipinski definition) is 4. The second-order valence-electron chi connectivity index (χ2n) is 8.18. The van der Waals surface area contributed by atoms with E-state index in [-0.39, 0.29) is 22.8 Å². The molecule has 0 fully saturated rings. The second kappa shape index (κ2) is 8.30. The first-order valence-electron chi connectivity index (χ1n) is 10.8. The van der Waals surface area contributed by atoms with Crippen molar-refractivity contribution in [3.05, 3.63) is 99.0 Å². The summed E-state index contributed by atoms with van der Waals surface area (Å²) in [6, 6.07) is 18.4. The molecule has 0 atom stereocenters. The molecule has 1 aliphatic carbocycles. The molecule has 6 heteroatoms. The number of hydrogen-bond donors (Lipinski definition) is 3. The highest BCUT2D eigenvalue weighted by atomic mass is 16.3. The quantitative estimate of drug-likeness (QED) is 0.453. The van der Waals surface area contributed by atoms with Crippen LogP contribution in [-0.4, -0.2) is 21.2 Å². The Balaban J connectivity index is 1.39. The minimum Gasteiger partial charge on any atom is -0.506 e. The van der Waals surface area contributed by atoms with E-state index in [4.69, 9.17) is 0 Å². The summed E-state index contributed by atoms with van der Waals surface area (Å²) >= 11 is 0. The van der Waals surface area contributed by atoms with E-state index in [2.05, 4.69) is 15.5 Å². The number of fused-ring (bicyclic) bond motifs is 2. The first kappa shape index (κ1) is 20.0. The molecule has 0 spiro atoms. The molecule has 1 heterocycles. The van der Waals surface area contributed by atoms with Gasteiger partial charge in [-0.2, -0.15) is 5.10 Å². The van der Waals surface area contributed by atoms with Crippen LogP contribution in [0.2, 0.25) is 0 Å². The van der Waals surface area contributed by atoms with Crippen molar-refractivity contribution < 1.29 is 9.90 Å². The van der Waals surface area contributed by atoms with Crippen molar-refractivity contribution >= 4 is 22.4 Å². The van der Waals surface area contributed by atoms with E-state index < -0.39 is 0 Å². The number of phenolic OH excluding ortho intramolecular Hbond substituents is 1. The van der Waals surface area contributed by atoms with Gasteiger partial charge in [0.2, 0.25) is 0 Å². The predicted octanol–water partition coefficient (Wildman–Crippen LogP) is 4.35. The summed E-state index contributed by atoms with van der Waals surface area (Å²) < 4.78 is 0. The van der Waals surface area contributed by atoms with E-state index in [0.717, 1.165) is 53.5 Å². The minimum atomic E-state index is -0.370. The van der Waals surface area contributed by atoms with E-state index >= 15 is 0 Å². The third-order valence-corrected chi connectivity index (χ3v) is 6.08. The molecule has 3 aromatic carbocycles. The van der Waals surface area contributed by atoms with Crippen molar-refractivity contribution in [2.24, 2.45) is 0 Å². The number of anilines is 1. The third kappa shape index (κ3) is 3.75. The fourth-order valence-electron chi connectivity index (χ4n) is 4.46. The zero-order chi connectivity index (χ0) is 22.1. The average molecular weight is 425 g/mol. The normalized spacial score (nSPS) is 13.0. The lowest BCUT2D eigenvalue weighted by atomic mass is 9.90. The number of carbonyl (C=O) groups excluding carboxylic acids is 1. The Hall–Kier alpha value is -3.93. The van der Waals surface area contributed by atoms with Gasteiger partial charge in [0, 0.05) is 23.1 Å². The molecule has 1 aromatic heterocycles. The van der Waals surface area contributed by atoms with Crippen molar-refractivity contribution in [1.29, 1.82) is 0 Å². The average Bonchev–Trinajstić information content (AvgIpc) is 2.82. The number of aromatic nitrogens is 2. The molecule has 32 heavy (non-hydrogen) atoms. The van der Waals surface area contributed by atoms with E-state index in [1.165, 1.54) is 0 Å². The largest absolute Gasteiger partial charge is 0.506 e. The lowest BCUT2D eigenvalue weighted by Gasteiger charge is -2.17. The summed E-state index contributed by atoms with van der Waals surface area (Å²) in [6.07, 6.45) is 4.34. The molecule has 3 N–H and O–H groups in total. The third-order valence-electron chi connectivity index (χ3n) is 6.08. The summed E-state index contributed by atoms with van der Waals surface area (Å²) in [5, 5.41) is 21.9. The van der Waals surface area contributed by atoms with Gasteiger partial charge in [-0.1, -0.05) is 42.5 Å². The molecule has 0 unspecified atom stereocenters. The van der Waals surface area contributed by atoms with Crippen molar-refractivity contribution in [1.82, 2.24) is 10.2 Å². The summed E-state index contributed by atoms with van der Waals surface area (Å²) in [6.45, 7) is 0. The standard InChI is InChI=1S/C26H23N3O3/c30-24-19-9-2-1-7-17(19)12-13-22(24)25(31)27-18-8-5-6-16(14-18)15-23-20-10-3-4-11-21(20)26(32)29-28-23/h1-2,5-9,12-14,30H,3-4,10-11,15H2,(H,27,31)(H,29,32). The summed E-state index contributed by atoms with van der Waals surface area (Å²) in [4.78, 5) is 25.0. The smallest absolute Gasteiger partial charge is 0.267 e. The van der Waals surface area contributed by atoms with Crippen molar-refractivity contribution in [2.45, 2.75) is 32.1 Å². The Morgan fingerprint density at radius 3 is 2.69 bits per heavy atom. The highest BCUT2D eigenvalue weighted by Gasteiger charge is 2.18. The van der Waals surface area contributed by atoms with Gasteiger partial charge in [0.25, 0.3) is 11.5 Å². The van der Waals surface area contributed by atoms with Crippen LogP contribution in [0.25, 0.3) is 10.8 Å². The topological polar surface area (TPSA) is 95.1 Å². The van der Waals surface area contributed by atoms with E-state index in [1.807, 2.05) is 48.5 Å². The Morgan fingerprint density at radius 2 is 1.81 bits per heavy atom. The Labute approximate surface area is 184 Å². The van der Waals surface area contributed by atoms with Crippen LogP contribution >= 0.6 is 0 Å². The molecular weight excluding hydrogens is 402 g/mol. The molecule has 0 bridgehead atoms.